The van der Waals surface area contributed by atoms with E-state index in [-0.39, 0.29) is 12.6 Å². The summed E-state index contributed by atoms with van der Waals surface area (Å²) in [7, 11) is 0. The van der Waals surface area contributed by atoms with E-state index >= 15 is 0 Å². The Morgan fingerprint density at radius 1 is 1.42 bits per heavy atom. The van der Waals surface area contributed by atoms with Crippen LogP contribution in [0.5, 0.6) is 0 Å². The highest BCUT2D eigenvalue weighted by atomic mass is 32.2. The average molecular weight is 183 g/mol. The fraction of sp³-hybridized carbons (Fsp3) is 0.333. The van der Waals surface area contributed by atoms with E-state index in [1.165, 1.54) is 4.90 Å². The van der Waals surface area contributed by atoms with Gasteiger partial charge in [0.15, 0.2) is 0 Å². The highest BCUT2D eigenvalue weighted by Gasteiger charge is 2.02. The third-order valence-corrected chi connectivity index (χ3v) is 2.48. The Balaban J connectivity index is 2.77. The number of nitrogens with two attached hydrogens (primary N) is 1. The van der Waals surface area contributed by atoms with Crippen LogP contribution in [0.15, 0.2) is 29.2 Å². The van der Waals surface area contributed by atoms with Gasteiger partial charge in [0.25, 0.3) is 0 Å². The Morgan fingerprint density at radius 3 is 2.42 bits per heavy atom. The van der Waals surface area contributed by atoms with Crippen molar-refractivity contribution in [2.24, 2.45) is 5.73 Å². The minimum absolute atomic E-state index is 0.00137. The Morgan fingerprint density at radius 2 is 2.00 bits per heavy atom. The van der Waals surface area contributed by atoms with E-state index in [4.69, 9.17) is 10.8 Å². The zero-order valence-corrected chi connectivity index (χ0v) is 7.84. The second-order valence-electron chi connectivity index (χ2n) is 2.56. The number of thioether (sulfide) groups is 1. The van der Waals surface area contributed by atoms with Crippen LogP contribution < -0.4 is 5.73 Å². The molecular weight excluding hydrogens is 170 g/mol. The monoisotopic (exact) mass is 183 g/mol. The number of aliphatic hydroxyl groups excluding tert-OH is 1. The predicted octanol–water partition coefficient (Wildman–Crippen LogP) is 1.40. The van der Waals surface area contributed by atoms with E-state index in [0.717, 1.165) is 5.56 Å². The van der Waals surface area contributed by atoms with Crippen molar-refractivity contribution in [2.45, 2.75) is 10.9 Å². The van der Waals surface area contributed by atoms with Crippen molar-refractivity contribution in [1.82, 2.24) is 0 Å². The lowest BCUT2D eigenvalue weighted by atomic mass is 10.1. The quantitative estimate of drug-likeness (QED) is 0.696. The van der Waals surface area contributed by atoms with Crippen molar-refractivity contribution in [3.63, 3.8) is 0 Å². The Labute approximate surface area is 76.8 Å². The third kappa shape index (κ3) is 2.24. The summed E-state index contributed by atoms with van der Waals surface area (Å²) in [5.74, 6) is 0. The molecule has 3 heteroatoms. The van der Waals surface area contributed by atoms with E-state index in [1.54, 1.807) is 11.8 Å². The molecule has 0 amide bonds. The van der Waals surface area contributed by atoms with E-state index in [1.807, 2.05) is 30.5 Å². The van der Waals surface area contributed by atoms with Crippen LogP contribution in [0.2, 0.25) is 0 Å². The molecule has 0 spiro atoms. The zero-order valence-electron chi connectivity index (χ0n) is 7.03. The number of hydrogen-bond donors (Lipinski definition) is 2. The van der Waals surface area contributed by atoms with Crippen molar-refractivity contribution in [1.29, 1.82) is 0 Å². The Bertz CT molecular complexity index is 235. The summed E-state index contributed by atoms with van der Waals surface area (Å²) in [5, 5.41) is 8.78. The molecule has 0 saturated heterocycles. The average Bonchev–Trinajstić information content (AvgIpc) is 2.17. The number of aliphatic hydroxyl groups is 1. The lowest BCUT2D eigenvalue weighted by Gasteiger charge is -2.08. The van der Waals surface area contributed by atoms with E-state index < -0.39 is 0 Å². The summed E-state index contributed by atoms with van der Waals surface area (Å²) in [6.45, 7) is -0.00137. The van der Waals surface area contributed by atoms with Crippen LogP contribution in [-0.2, 0) is 0 Å². The molecular formula is C9H13NOS. The maximum Gasteiger partial charge on any atom is 0.0624 e. The molecule has 66 valence electrons. The molecule has 1 rings (SSSR count). The van der Waals surface area contributed by atoms with Gasteiger partial charge >= 0.3 is 0 Å². The summed E-state index contributed by atoms with van der Waals surface area (Å²) in [6, 6.07) is 7.67. The molecule has 12 heavy (non-hydrogen) atoms. The van der Waals surface area contributed by atoms with Crippen molar-refractivity contribution in [3.8, 4) is 0 Å². The number of hydrogen-bond acceptors (Lipinski definition) is 3. The molecule has 0 saturated carbocycles. The molecule has 0 aliphatic carbocycles. The molecule has 2 nitrogen and oxygen atoms in total. The fourth-order valence-electron chi connectivity index (χ4n) is 0.957. The van der Waals surface area contributed by atoms with Crippen molar-refractivity contribution >= 4 is 11.8 Å². The number of rotatable bonds is 3. The second-order valence-corrected chi connectivity index (χ2v) is 3.44. The first-order valence-electron chi connectivity index (χ1n) is 3.78. The fourth-order valence-corrected chi connectivity index (χ4v) is 1.36. The summed E-state index contributed by atoms with van der Waals surface area (Å²) in [4.78, 5) is 1.21. The third-order valence-electron chi connectivity index (χ3n) is 1.74. The van der Waals surface area contributed by atoms with Gasteiger partial charge < -0.3 is 10.8 Å². The molecule has 0 bridgehead atoms. The van der Waals surface area contributed by atoms with Crippen LogP contribution in [-0.4, -0.2) is 18.0 Å². The van der Waals surface area contributed by atoms with Crippen molar-refractivity contribution < 1.29 is 5.11 Å². The standard InChI is InChI=1S/C9H13NOS/c1-12-8-4-2-7(3-5-8)9(10)6-11/h2-5,9,11H,6,10H2,1H3/t9-/m0/s1. The maximum atomic E-state index is 8.78. The molecule has 1 atom stereocenters. The molecule has 3 N–H and O–H groups in total. The van der Waals surface area contributed by atoms with Gasteiger partial charge in [-0.25, -0.2) is 0 Å². The number of benzene rings is 1. The second kappa shape index (κ2) is 4.50. The minimum atomic E-state index is -0.249. The lowest BCUT2D eigenvalue weighted by molar-refractivity contribution is 0.268. The summed E-state index contributed by atoms with van der Waals surface area (Å²) >= 11 is 1.69. The lowest BCUT2D eigenvalue weighted by Crippen LogP contribution is -2.13. The van der Waals surface area contributed by atoms with Crippen LogP contribution in [0.3, 0.4) is 0 Å². The molecule has 0 fully saturated rings. The first-order chi connectivity index (χ1) is 5.77. The van der Waals surface area contributed by atoms with Gasteiger partial charge in [0.2, 0.25) is 0 Å². The topological polar surface area (TPSA) is 46.2 Å². The maximum absolute atomic E-state index is 8.78. The van der Waals surface area contributed by atoms with Gasteiger partial charge in [0, 0.05) is 4.90 Å². The van der Waals surface area contributed by atoms with Gasteiger partial charge in [-0.05, 0) is 24.0 Å². The van der Waals surface area contributed by atoms with E-state index in [0.29, 0.717) is 0 Å². The van der Waals surface area contributed by atoms with Gasteiger partial charge in [-0.1, -0.05) is 12.1 Å². The Kier molecular flexibility index (Phi) is 3.59. The Hall–Kier alpha value is -0.510. The summed E-state index contributed by atoms with van der Waals surface area (Å²) in [5.41, 5.74) is 6.61. The zero-order chi connectivity index (χ0) is 8.97. The highest BCUT2D eigenvalue weighted by Crippen LogP contribution is 2.17. The normalized spacial score (nSPS) is 12.9. The summed E-state index contributed by atoms with van der Waals surface area (Å²) in [6.07, 6.45) is 2.03. The molecule has 0 unspecified atom stereocenters. The first kappa shape index (κ1) is 9.58. The van der Waals surface area contributed by atoms with Crippen LogP contribution in [0, 0.1) is 0 Å². The van der Waals surface area contributed by atoms with E-state index in [9.17, 15) is 0 Å². The van der Waals surface area contributed by atoms with Crippen LogP contribution in [0.1, 0.15) is 11.6 Å². The molecule has 0 radical (unpaired) electrons. The van der Waals surface area contributed by atoms with E-state index in [2.05, 4.69) is 0 Å². The molecule has 1 aromatic rings. The molecule has 0 aromatic heterocycles. The molecule has 1 aromatic carbocycles. The summed E-state index contributed by atoms with van der Waals surface area (Å²) < 4.78 is 0. The van der Waals surface area contributed by atoms with Crippen LogP contribution in [0.4, 0.5) is 0 Å². The van der Waals surface area contributed by atoms with Crippen LogP contribution in [0.25, 0.3) is 0 Å². The van der Waals surface area contributed by atoms with Gasteiger partial charge in [-0.2, -0.15) is 0 Å². The van der Waals surface area contributed by atoms with Crippen molar-refractivity contribution in [3.05, 3.63) is 29.8 Å². The first-order valence-corrected chi connectivity index (χ1v) is 5.00. The largest absolute Gasteiger partial charge is 0.394 e. The molecule has 0 aliphatic rings. The SMILES string of the molecule is CSc1ccc([C@@H](N)CO)cc1. The van der Waals surface area contributed by atoms with Crippen LogP contribution >= 0.6 is 11.8 Å². The van der Waals surface area contributed by atoms with Crippen molar-refractivity contribution in [2.75, 3.05) is 12.9 Å². The molecule has 0 aliphatic heterocycles. The van der Waals surface area contributed by atoms with Gasteiger partial charge in [0.1, 0.15) is 0 Å². The van der Waals surface area contributed by atoms with Gasteiger partial charge in [0.05, 0.1) is 12.6 Å². The molecule has 0 heterocycles. The minimum Gasteiger partial charge on any atom is -0.394 e. The smallest absolute Gasteiger partial charge is 0.0624 e. The van der Waals surface area contributed by atoms with Gasteiger partial charge in [-0.3, -0.25) is 0 Å². The van der Waals surface area contributed by atoms with Gasteiger partial charge in [-0.15, -0.1) is 11.8 Å². The predicted molar refractivity (Wildman–Crippen MR) is 52.2 cm³/mol. The highest BCUT2D eigenvalue weighted by molar-refractivity contribution is 7.98.